The third-order valence-corrected chi connectivity index (χ3v) is 4.04. The van der Waals surface area contributed by atoms with Crippen LogP contribution in [-0.2, 0) is 14.3 Å². The van der Waals surface area contributed by atoms with Gasteiger partial charge in [0, 0.05) is 19.1 Å². The number of hydrogen-bond donors (Lipinski definition) is 2. The Kier molecular flexibility index (Phi) is 4.76. The topological polar surface area (TPSA) is 84.7 Å². The average molecular weight is 269 g/mol. The van der Waals surface area contributed by atoms with Crippen molar-refractivity contribution in [2.75, 3.05) is 19.7 Å². The van der Waals surface area contributed by atoms with Gasteiger partial charge in [-0.05, 0) is 19.8 Å². The Labute approximate surface area is 113 Å². The number of primary amides is 1. The zero-order valence-electron chi connectivity index (χ0n) is 11.4. The minimum Gasteiger partial charge on any atom is -0.367 e. The van der Waals surface area contributed by atoms with Gasteiger partial charge >= 0.3 is 0 Å². The highest BCUT2D eigenvalue weighted by atomic mass is 16.5. The first kappa shape index (κ1) is 14.3. The molecule has 1 aliphatic heterocycles. The molecule has 1 saturated heterocycles. The second-order valence-electron chi connectivity index (χ2n) is 5.42. The fraction of sp³-hybridized carbons (Fsp3) is 0.846. The first-order chi connectivity index (χ1) is 9.08. The summed E-state index contributed by atoms with van der Waals surface area (Å²) in [6.07, 6.45) is 3.94. The third kappa shape index (κ3) is 3.67. The molecule has 0 bridgehead atoms. The molecule has 0 aromatic carbocycles. The van der Waals surface area contributed by atoms with Crippen molar-refractivity contribution in [3.63, 3.8) is 0 Å². The molecule has 0 aromatic heterocycles. The molecule has 1 heterocycles. The Hall–Kier alpha value is -1.14. The van der Waals surface area contributed by atoms with E-state index in [9.17, 15) is 9.59 Å². The standard InChI is InChI=1S/C13H23N3O3/c1-9(13(18)15-10-4-2-3-5-10)16-6-7-19-11(8-16)12(14)17/h9-11H,2-8H2,1H3,(H2,14,17)(H,15,18). The van der Waals surface area contributed by atoms with E-state index in [0.29, 0.717) is 25.7 Å². The number of nitrogens with zero attached hydrogens (tertiary/aromatic N) is 1. The quantitative estimate of drug-likeness (QED) is 0.728. The molecule has 6 heteroatoms. The van der Waals surface area contributed by atoms with Crippen LogP contribution in [0.4, 0.5) is 0 Å². The maximum absolute atomic E-state index is 12.2. The normalized spacial score (nSPS) is 27.1. The predicted molar refractivity (Wildman–Crippen MR) is 70.4 cm³/mol. The van der Waals surface area contributed by atoms with Gasteiger partial charge in [0.15, 0.2) is 0 Å². The Morgan fingerprint density at radius 1 is 1.37 bits per heavy atom. The molecule has 108 valence electrons. The molecule has 6 nitrogen and oxygen atoms in total. The van der Waals surface area contributed by atoms with Crippen molar-refractivity contribution in [3.8, 4) is 0 Å². The van der Waals surface area contributed by atoms with Gasteiger partial charge in [0.2, 0.25) is 11.8 Å². The molecule has 0 radical (unpaired) electrons. The second-order valence-corrected chi connectivity index (χ2v) is 5.42. The van der Waals surface area contributed by atoms with E-state index in [1.54, 1.807) is 0 Å². The van der Waals surface area contributed by atoms with Crippen LogP contribution in [0.3, 0.4) is 0 Å². The monoisotopic (exact) mass is 269 g/mol. The minimum atomic E-state index is -0.601. The smallest absolute Gasteiger partial charge is 0.247 e. The summed E-state index contributed by atoms with van der Waals surface area (Å²) in [4.78, 5) is 25.3. The van der Waals surface area contributed by atoms with Crippen LogP contribution < -0.4 is 11.1 Å². The summed E-state index contributed by atoms with van der Waals surface area (Å²) in [7, 11) is 0. The number of hydrogen-bond acceptors (Lipinski definition) is 4. The van der Waals surface area contributed by atoms with E-state index in [1.807, 2.05) is 11.8 Å². The van der Waals surface area contributed by atoms with E-state index in [0.717, 1.165) is 12.8 Å². The average Bonchev–Trinajstić information content (AvgIpc) is 2.90. The lowest BCUT2D eigenvalue weighted by Gasteiger charge is -2.35. The molecule has 2 rings (SSSR count). The van der Waals surface area contributed by atoms with Gasteiger partial charge < -0.3 is 15.8 Å². The molecule has 2 unspecified atom stereocenters. The lowest BCUT2D eigenvalue weighted by Crippen LogP contribution is -2.55. The minimum absolute atomic E-state index is 0.0389. The van der Waals surface area contributed by atoms with Gasteiger partial charge in [-0.2, -0.15) is 0 Å². The largest absolute Gasteiger partial charge is 0.367 e. The maximum Gasteiger partial charge on any atom is 0.247 e. The van der Waals surface area contributed by atoms with Crippen LogP contribution in [0, 0.1) is 0 Å². The van der Waals surface area contributed by atoms with Gasteiger partial charge in [-0.25, -0.2) is 0 Å². The van der Waals surface area contributed by atoms with Gasteiger partial charge in [-0.3, -0.25) is 14.5 Å². The molecule has 1 saturated carbocycles. The van der Waals surface area contributed by atoms with Crippen LogP contribution >= 0.6 is 0 Å². The van der Waals surface area contributed by atoms with E-state index < -0.39 is 12.0 Å². The molecule has 19 heavy (non-hydrogen) atoms. The number of morpholine rings is 1. The highest BCUT2D eigenvalue weighted by Gasteiger charge is 2.31. The van der Waals surface area contributed by atoms with E-state index in [2.05, 4.69) is 5.32 Å². The first-order valence-corrected chi connectivity index (χ1v) is 7.03. The Bertz CT molecular complexity index is 342. The van der Waals surface area contributed by atoms with E-state index in [4.69, 9.17) is 10.5 Å². The van der Waals surface area contributed by atoms with Gasteiger partial charge in [0.25, 0.3) is 0 Å². The fourth-order valence-corrected chi connectivity index (χ4v) is 2.75. The van der Waals surface area contributed by atoms with Gasteiger partial charge in [0.05, 0.1) is 12.6 Å². The summed E-state index contributed by atoms with van der Waals surface area (Å²) in [5, 5.41) is 3.08. The first-order valence-electron chi connectivity index (χ1n) is 7.03. The summed E-state index contributed by atoms with van der Waals surface area (Å²) in [5.74, 6) is -0.426. The molecule has 3 N–H and O–H groups in total. The summed E-state index contributed by atoms with van der Waals surface area (Å²) in [5.41, 5.74) is 5.25. The van der Waals surface area contributed by atoms with E-state index in [1.165, 1.54) is 12.8 Å². The number of carbonyl (C=O) groups excluding carboxylic acids is 2. The number of nitrogens with two attached hydrogens (primary N) is 1. The number of rotatable bonds is 4. The van der Waals surface area contributed by atoms with Crippen LogP contribution in [0.5, 0.6) is 0 Å². The lowest BCUT2D eigenvalue weighted by atomic mass is 10.1. The van der Waals surface area contributed by atoms with Crippen LogP contribution in [0.25, 0.3) is 0 Å². The number of ether oxygens (including phenoxy) is 1. The van der Waals surface area contributed by atoms with Gasteiger partial charge in [-0.15, -0.1) is 0 Å². The highest BCUT2D eigenvalue weighted by molar-refractivity contribution is 5.82. The number of nitrogens with one attached hydrogen (secondary N) is 1. The molecule has 2 atom stereocenters. The maximum atomic E-state index is 12.2. The van der Waals surface area contributed by atoms with Crippen LogP contribution in [0.1, 0.15) is 32.6 Å². The van der Waals surface area contributed by atoms with Crippen LogP contribution in [0.15, 0.2) is 0 Å². The molecule has 2 aliphatic rings. The van der Waals surface area contributed by atoms with E-state index in [-0.39, 0.29) is 11.9 Å². The fourth-order valence-electron chi connectivity index (χ4n) is 2.75. The number of amides is 2. The van der Waals surface area contributed by atoms with Crippen molar-refractivity contribution in [3.05, 3.63) is 0 Å². The zero-order chi connectivity index (χ0) is 13.8. The summed E-state index contributed by atoms with van der Waals surface area (Å²) in [6.45, 7) is 3.36. The predicted octanol–water partition coefficient (Wildman–Crippen LogP) is -0.380. The molecule has 2 amide bonds. The summed E-state index contributed by atoms with van der Waals surface area (Å²) in [6, 6.07) is 0.0780. The van der Waals surface area contributed by atoms with Crippen molar-refractivity contribution in [1.82, 2.24) is 10.2 Å². The van der Waals surface area contributed by atoms with Gasteiger partial charge in [-0.1, -0.05) is 12.8 Å². The summed E-state index contributed by atoms with van der Waals surface area (Å²) < 4.78 is 5.29. The van der Waals surface area contributed by atoms with Gasteiger partial charge in [0.1, 0.15) is 6.10 Å². The van der Waals surface area contributed by atoms with Crippen LogP contribution in [-0.4, -0.2) is 54.6 Å². The second kappa shape index (κ2) is 6.34. The third-order valence-electron chi connectivity index (χ3n) is 4.04. The van der Waals surface area contributed by atoms with Crippen molar-refractivity contribution in [2.24, 2.45) is 5.73 Å². The molecule has 0 aromatic rings. The van der Waals surface area contributed by atoms with Crippen molar-refractivity contribution in [1.29, 1.82) is 0 Å². The molecule has 2 fully saturated rings. The zero-order valence-corrected chi connectivity index (χ0v) is 11.4. The van der Waals surface area contributed by atoms with Crippen molar-refractivity contribution in [2.45, 2.75) is 50.8 Å². The van der Waals surface area contributed by atoms with E-state index >= 15 is 0 Å². The number of carbonyl (C=O) groups is 2. The summed E-state index contributed by atoms with van der Waals surface area (Å²) >= 11 is 0. The Morgan fingerprint density at radius 2 is 2.05 bits per heavy atom. The van der Waals surface area contributed by atoms with Crippen molar-refractivity contribution < 1.29 is 14.3 Å². The lowest BCUT2D eigenvalue weighted by molar-refractivity contribution is -0.140. The SMILES string of the molecule is CC(C(=O)NC1CCCC1)N1CCOC(C(N)=O)C1. The highest BCUT2D eigenvalue weighted by Crippen LogP contribution is 2.18. The van der Waals surface area contributed by atoms with Crippen LogP contribution in [0.2, 0.25) is 0 Å². The molecular weight excluding hydrogens is 246 g/mol. The molecule has 0 spiro atoms. The Balaban J connectivity index is 1.85. The van der Waals surface area contributed by atoms with Crippen molar-refractivity contribution >= 4 is 11.8 Å². The molecular formula is C13H23N3O3. The Morgan fingerprint density at radius 3 is 2.68 bits per heavy atom. The molecule has 1 aliphatic carbocycles.